The molecular formula is C10H13F3N2S. The summed E-state index contributed by atoms with van der Waals surface area (Å²) in [5.74, 6) is 0. The summed E-state index contributed by atoms with van der Waals surface area (Å²) in [5.41, 5.74) is 1.90. The summed E-state index contributed by atoms with van der Waals surface area (Å²) in [4.78, 5) is 0.192. The SMILES string of the molecule is NCCCNc1ccc(SC(F)(F)F)cc1. The molecule has 0 saturated carbocycles. The topological polar surface area (TPSA) is 38.0 Å². The Bertz CT molecular complexity index is 311. The zero-order valence-electron chi connectivity index (χ0n) is 8.55. The van der Waals surface area contributed by atoms with Gasteiger partial charge in [-0.05, 0) is 49.0 Å². The van der Waals surface area contributed by atoms with Crippen molar-refractivity contribution in [1.82, 2.24) is 0 Å². The molecule has 0 atom stereocenters. The molecule has 90 valence electrons. The van der Waals surface area contributed by atoms with Crippen molar-refractivity contribution in [3.05, 3.63) is 24.3 Å². The van der Waals surface area contributed by atoms with Crippen molar-refractivity contribution in [3.63, 3.8) is 0 Å². The predicted molar refractivity (Wildman–Crippen MR) is 60.5 cm³/mol. The summed E-state index contributed by atoms with van der Waals surface area (Å²) in [6.45, 7) is 1.32. The lowest BCUT2D eigenvalue weighted by atomic mass is 10.3. The van der Waals surface area contributed by atoms with Gasteiger partial charge in [0.15, 0.2) is 0 Å². The Balaban J connectivity index is 2.48. The van der Waals surface area contributed by atoms with E-state index in [9.17, 15) is 13.2 Å². The first-order chi connectivity index (χ1) is 7.51. The number of nitrogens with two attached hydrogens (primary N) is 1. The average molecular weight is 250 g/mol. The summed E-state index contributed by atoms with van der Waals surface area (Å²) in [5, 5.41) is 3.07. The van der Waals surface area contributed by atoms with E-state index in [2.05, 4.69) is 5.32 Å². The lowest BCUT2D eigenvalue weighted by Crippen LogP contribution is -2.08. The van der Waals surface area contributed by atoms with Crippen molar-refractivity contribution in [3.8, 4) is 0 Å². The third-order valence-electron chi connectivity index (χ3n) is 1.80. The molecule has 0 fully saturated rings. The van der Waals surface area contributed by atoms with Crippen molar-refractivity contribution in [2.24, 2.45) is 5.73 Å². The van der Waals surface area contributed by atoms with Gasteiger partial charge in [0.25, 0.3) is 0 Å². The van der Waals surface area contributed by atoms with Gasteiger partial charge in [0.05, 0.1) is 0 Å². The van der Waals surface area contributed by atoms with Crippen LogP contribution in [0.3, 0.4) is 0 Å². The van der Waals surface area contributed by atoms with Crippen LogP contribution in [0.2, 0.25) is 0 Å². The minimum absolute atomic E-state index is 0.110. The fraction of sp³-hybridized carbons (Fsp3) is 0.400. The molecule has 0 radical (unpaired) electrons. The molecule has 0 saturated heterocycles. The molecule has 0 aliphatic carbocycles. The summed E-state index contributed by atoms with van der Waals surface area (Å²) >= 11 is -0.110. The fourth-order valence-electron chi connectivity index (χ4n) is 1.11. The normalized spacial score (nSPS) is 11.5. The van der Waals surface area contributed by atoms with Crippen LogP contribution in [0.25, 0.3) is 0 Å². The maximum atomic E-state index is 12.0. The van der Waals surface area contributed by atoms with Crippen LogP contribution in [0, 0.1) is 0 Å². The number of alkyl halides is 3. The van der Waals surface area contributed by atoms with Gasteiger partial charge in [0, 0.05) is 17.1 Å². The molecule has 0 bridgehead atoms. The van der Waals surface area contributed by atoms with E-state index in [0.29, 0.717) is 6.54 Å². The first-order valence-corrected chi connectivity index (χ1v) is 5.62. The molecule has 0 aliphatic rings. The minimum Gasteiger partial charge on any atom is -0.385 e. The van der Waals surface area contributed by atoms with Crippen LogP contribution in [-0.2, 0) is 0 Å². The van der Waals surface area contributed by atoms with Crippen LogP contribution in [-0.4, -0.2) is 18.6 Å². The second kappa shape index (κ2) is 6.00. The molecule has 3 N–H and O–H groups in total. The number of rotatable bonds is 5. The maximum Gasteiger partial charge on any atom is 0.446 e. The zero-order chi connectivity index (χ0) is 12.0. The molecule has 0 heterocycles. The van der Waals surface area contributed by atoms with Crippen LogP contribution in [0.4, 0.5) is 18.9 Å². The van der Waals surface area contributed by atoms with Crippen LogP contribution < -0.4 is 11.1 Å². The molecule has 0 aliphatic heterocycles. The van der Waals surface area contributed by atoms with Crippen molar-refractivity contribution in [2.75, 3.05) is 18.4 Å². The van der Waals surface area contributed by atoms with Gasteiger partial charge in [-0.1, -0.05) is 0 Å². The number of benzene rings is 1. The molecule has 1 aromatic carbocycles. The van der Waals surface area contributed by atoms with E-state index in [1.807, 2.05) is 0 Å². The highest BCUT2D eigenvalue weighted by molar-refractivity contribution is 8.00. The Morgan fingerprint density at radius 1 is 1.19 bits per heavy atom. The maximum absolute atomic E-state index is 12.0. The molecule has 6 heteroatoms. The van der Waals surface area contributed by atoms with Gasteiger partial charge >= 0.3 is 5.51 Å². The smallest absolute Gasteiger partial charge is 0.385 e. The van der Waals surface area contributed by atoms with Gasteiger partial charge < -0.3 is 11.1 Å². The van der Waals surface area contributed by atoms with E-state index < -0.39 is 5.51 Å². The number of halogens is 3. The van der Waals surface area contributed by atoms with E-state index >= 15 is 0 Å². The average Bonchev–Trinajstić information content (AvgIpc) is 2.19. The highest BCUT2D eigenvalue weighted by Gasteiger charge is 2.28. The van der Waals surface area contributed by atoms with Gasteiger partial charge in [0.2, 0.25) is 0 Å². The third-order valence-corrected chi connectivity index (χ3v) is 2.54. The first kappa shape index (κ1) is 13.2. The van der Waals surface area contributed by atoms with E-state index in [1.165, 1.54) is 12.1 Å². The van der Waals surface area contributed by atoms with Gasteiger partial charge in [-0.25, -0.2) is 0 Å². The Labute approximate surface area is 96.4 Å². The monoisotopic (exact) mass is 250 g/mol. The first-order valence-electron chi connectivity index (χ1n) is 4.81. The summed E-state index contributed by atoms with van der Waals surface area (Å²) in [6, 6.07) is 6.15. The zero-order valence-corrected chi connectivity index (χ0v) is 9.37. The van der Waals surface area contributed by atoms with Crippen LogP contribution in [0.5, 0.6) is 0 Å². The van der Waals surface area contributed by atoms with Crippen molar-refractivity contribution >= 4 is 17.4 Å². The van der Waals surface area contributed by atoms with Gasteiger partial charge in [-0.3, -0.25) is 0 Å². The number of hydrogen-bond donors (Lipinski definition) is 2. The van der Waals surface area contributed by atoms with E-state index in [0.717, 1.165) is 18.7 Å². The quantitative estimate of drug-likeness (QED) is 0.623. The summed E-state index contributed by atoms with van der Waals surface area (Å²) in [6.07, 6.45) is 0.832. The molecular weight excluding hydrogens is 237 g/mol. The van der Waals surface area contributed by atoms with E-state index in [-0.39, 0.29) is 16.7 Å². The second-order valence-electron chi connectivity index (χ2n) is 3.14. The number of anilines is 1. The Morgan fingerprint density at radius 3 is 2.31 bits per heavy atom. The molecule has 1 rings (SSSR count). The van der Waals surface area contributed by atoms with Gasteiger partial charge in [-0.15, -0.1) is 0 Å². The molecule has 0 aromatic heterocycles. The molecule has 0 unspecified atom stereocenters. The Kier molecular flexibility index (Phi) is 4.95. The summed E-state index contributed by atoms with van der Waals surface area (Å²) < 4.78 is 36.1. The molecule has 16 heavy (non-hydrogen) atoms. The molecule has 1 aromatic rings. The van der Waals surface area contributed by atoms with Crippen molar-refractivity contribution in [1.29, 1.82) is 0 Å². The van der Waals surface area contributed by atoms with Gasteiger partial charge in [-0.2, -0.15) is 13.2 Å². The fourth-order valence-corrected chi connectivity index (χ4v) is 1.65. The van der Waals surface area contributed by atoms with E-state index in [4.69, 9.17) is 5.73 Å². The van der Waals surface area contributed by atoms with Crippen LogP contribution in [0.1, 0.15) is 6.42 Å². The Morgan fingerprint density at radius 2 is 1.81 bits per heavy atom. The predicted octanol–water partition coefficient (Wildman–Crippen LogP) is 3.06. The number of nitrogens with one attached hydrogen (secondary N) is 1. The number of hydrogen-bond acceptors (Lipinski definition) is 3. The summed E-state index contributed by atoms with van der Waals surface area (Å²) in [7, 11) is 0. The van der Waals surface area contributed by atoms with Crippen LogP contribution in [0.15, 0.2) is 29.2 Å². The van der Waals surface area contributed by atoms with Crippen molar-refractivity contribution in [2.45, 2.75) is 16.8 Å². The molecule has 0 amide bonds. The van der Waals surface area contributed by atoms with Crippen molar-refractivity contribution < 1.29 is 13.2 Å². The lowest BCUT2D eigenvalue weighted by Gasteiger charge is -2.08. The highest BCUT2D eigenvalue weighted by Crippen LogP contribution is 2.36. The second-order valence-corrected chi connectivity index (χ2v) is 4.28. The molecule has 2 nitrogen and oxygen atoms in total. The standard InChI is InChI=1S/C10H13F3N2S/c11-10(12,13)16-9-4-2-8(3-5-9)15-7-1-6-14/h2-5,15H,1,6-7,14H2. The lowest BCUT2D eigenvalue weighted by molar-refractivity contribution is -0.0328. The molecule has 0 spiro atoms. The third kappa shape index (κ3) is 5.27. The largest absolute Gasteiger partial charge is 0.446 e. The van der Waals surface area contributed by atoms with Gasteiger partial charge in [0.1, 0.15) is 0 Å². The van der Waals surface area contributed by atoms with E-state index in [1.54, 1.807) is 12.1 Å². The van der Waals surface area contributed by atoms with Crippen LogP contribution >= 0.6 is 11.8 Å². The highest BCUT2D eigenvalue weighted by atomic mass is 32.2. The minimum atomic E-state index is -4.23. The number of thioether (sulfide) groups is 1. The Hall–Kier alpha value is -0.880.